The fourth-order valence-corrected chi connectivity index (χ4v) is 2.58. The molecule has 0 aliphatic carbocycles. The van der Waals surface area contributed by atoms with Gasteiger partial charge in [-0.25, -0.2) is 0 Å². The van der Waals surface area contributed by atoms with Crippen LogP contribution in [0.15, 0.2) is 24.3 Å². The quantitative estimate of drug-likeness (QED) is 0.766. The largest absolute Gasteiger partial charge is 0.484 e. The van der Waals surface area contributed by atoms with Crippen molar-refractivity contribution in [2.75, 3.05) is 32.8 Å². The summed E-state index contributed by atoms with van der Waals surface area (Å²) in [6, 6.07) is 6.46. The Hall–Kier alpha value is -1.31. The van der Waals surface area contributed by atoms with Crippen LogP contribution in [0.4, 0.5) is 13.2 Å². The van der Waals surface area contributed by atoms with Gasteiger partial charge in [0, 0.05) is 19.6 Å². The van der Waals surface area contributed by atoms with E-state index in [9.17, 15) is 18.3 Å². The molecule has 0 aromatic heterocycles. The molecule has 130 valence electrons. The highest BCUT2D eigenvalue weighted by atomic mass is 19.4. The summed E-state index contributed by atoms with van der Waals surface area (Å²) >= 11 is 0. The van der Waals surface area contributed by atoms with Gasteiger partial charge in [-0.15, -0.1) is 0 Å². The van der Waals surface area contributed by atoms with Crippen LogP contribution in [0.1, 0.15) is 18.4 Å². The van der Waals surface area contributed by atoms with Gasteiger partial charge in [-0.3, -0.25) is 0 Å². The molecule has 1 fully saturated rings. The van der Waals surface area contributed by atoms with Crippen molar-refractivity contribution in [3.05, 3.63) is 29.8 Å². The smallest absolute Gasteiger partial charge is 0.422 e. The maximum Gasteiger partial charge on any atom is 0.422 e. The fraction of sp³-hybridized carbons (Fsp3) is 0.625. The van der Waals surface area contributed by atoms with Crippen molar-refractivity contribution < 1.29 is 23.0 Å². The standard InChI is InChI=1S/C16H23F3N2O2/c17-16(18,19)12-23-15-5-3-13(4-6-15)9-20-10-14(22)11-21-7-1-2-8-21/h3-6,14,20,22H,1-2,7-12H2. The number of nitrogens with zero attached hydrogens (tertiary/aromatic N) is 1. The van der Waals surface area contributed by atoms with Crippen molar-refractivity contribution in [3.8, 4) is 5.75 Å². The summed E-state index contributed by atoms with van der Waals surface area (Å²) in [6.45, 7) is 2.54. The normalized spacial score (nSPS) is 17.4. The Labute approximate surface area is 134 Å². The SMILES string of the molecule is OC(CNCc1ccc(OCC(F)(F)F)cc1)CN1CCCC1. The van der Waals surface area contributed by atoms with Gasteiger partial charge in [0.05, 0.1) is 6.10 Å². The van der Waals surface area contributed by atoms with Gasteiger partial charge in [0.25, 0.3) is 0 Å². The topological polar surface area (TPSA) is 44.7 Å². The van der Waals surface area contributed by atoms with Crippen LogP contribution >= 0.6 is 0 Å². The van der Waals surface area contributed by atoms with Gasteiger partial charge in [0.15, 0.2) is 6.61 Å². The first-order valence-electron chi connectivity index (χ1n) is 7.82. The molecular weight excluding hydrogens is 309 g/mol. The lowest BCUT2D eigenvalue weighted by molar-refractivity contribution is -0.153. The molecule has 1 unspecified atom stereocenters. The van der Waals surface area contributed by atoms with Crippen molar-refractivity contribution in [1.29, 1.82) is 0 Å². The number of aliphatic hydroxyl groups is 1. The zero-order valence-electron chi connectivity index (χ0n) is 13.0. The molecule has 1 heterocycles. The van der Waals surface area contributed by atoms with E-state index >= 15 is 0 Å². The van der Waals surface area contributed by atoms with Crippen LogP contribution in [0.5, 0.6) is 5.75 Å². The first-order valence-corrected chi connectivity index (χ1v) is 7.82. The minimum atomic E-state index is -4.33. The molecule has 1 aromatic rings. The van der Waals surface area contributed by atoms with Gasteiger partial charge in [-0.2, -0.15) is 13.2 Å². The predicted molar refractivity (Wildman–Crippen MR) is 81.4 cm³/mol. The van der Waals surface area contributed by atoms with E-state index in [1.54, 1.807) is 12.1 Å². The highest BCUT2D eigenvalue weighted by Crippen LogP contribution is 2.18. The molecule has 4 nitrogen and oxygen atoms in total. The molecule has 0 bridgehead atoms. The maximum absolute atomic E-state index is 12.0. The predicted octanol–water partition coefficient (Wildman–Crippen LogP) is 2.17. The Balaban J connectivity index is 1.65. The minimum absolute atomic E-state index is 0.195. The summed E-state index contributed by atoms with van der Waals surface area (Å²) in [5, 5.41) is 13.1. The van der Waals surface area contributed by atoms with Gasteiger partial charge < -0.3 is 20.1 Å². The molecule has 7 heteroatoms. The summed E-state index contributed by atoms with van der Waals surface area (Å²) in [7, 11) is 0. The Morgan fingerprint density at radius 3 is 2.43 bits per heavy atom. The number of hydrogen-bond donors (Lipinski definition) is 2. The Morgan fingerprint density at radius 1 is 1.17 bits per heavy atom. The second-order valence-electron chi connectivity index (χ2n) is 5.84. The molecule has 1 aliphatic heterocycles. The van der Waals surface area contributed by atoms with E-state index in [2.05, 4.69) is 15.0 Å². The molecule has 0 spiro atoms. The molecule has 2 N–H and O–H groups in total. The van der Waals surface area contributed by atoms with E-state index < -0.39 is 18.9 Å². The molecule has 1 saturated heterocycles. The second-order valence-corrected chi connectivity index (χ2v) is 5.84. The summed E-state index contributed by atoms with van der Waals surface area (Å²) in [4.78, 5) is 2.25. The van der Waals surface area contributed by atoms with Gasteiger partial charge in [0.1, 0.15) is 5.75 Å². The lowest BCUT2D eigenvalue weighted by atomic mass is 10.2. The van der Waals surface area contributed by atoms with E-state index in [1.165, 1.54) is 25.0 Å². The highest BCUT2D eigenvalue weighted by molar-refractivity contribution is 5.27. The van der Waals surface area contributed by atoms with Crippen molar-refractivity contribution >= 4 is 0 Å². The maximum atomic E-state index is 12.0. The lowest BCUT2D eigenvalue weighted by Gasteiger charge is -2.19. The molecule has 23 heavy (non-hydrogen) atoms. The van der Waals surface area contributed by atoms with Crippen LogP contribution in [0.25, 0.3) is 0 Å². The average Bonchev–Trinajstić information content (AvgIpc) is 2.98. The average molecular weight is 332 g/mol. The van der Waals surface area contributed by atoms with Crippen LogP contribution in [0, 0.1) is 0 Å². The van der Waals surface area contributed by atoms with Gasteiger partial charge in [-0.1, -0.05) is 12.1 Å². The van der Waals surface area contributed by atoms with Gasteiger partial charge in [-0.05, 0) is 43.6 Å². The van der Waals surface area contributed by atoms with Crippen molar-refractivity contribution in [1.82, 2.24) is 10.2 Å². The van der Waals surface area contributed by atoms with E-state index in [4.69, 9.17) is 0 Å². The summed E-state index contributed by atoms with van der Waals surface area (Å²) < 4.78 is 40.8. The van der Waals surface area contributed by atoms with Crippen LogP contribution < -0.4 is 10.1 Å². The third-order valence-corrected chi connectivity index (χ3v) is 3.70. The van der Waals surface area contributed by atoms with E-state index in [0.717, 1.165) is 18.7 Å². The minimum Gasteiger partial charge on any atom is -0.484 e. The third kappa shape index (κ3) is 7.20. The van der Waals surface area contributed by atoms with Crippen LogP contribution in [-0.4, -0.2) is 55.1 Å². The lowest BCUT2D eigenvalue weighted by Crippen LogP contribution is -2.36. The number of likely N-dealkylation sites (tertiary alicyclic amines) is 1. The van der Waals surface area contributed by atoms with E-state index in [-0.39, 0.29) is 5.75 Å². The molecule has 0 radical (unpaired) electrons. The number of ether oxygens (including phenoxy) is 1. The Bertz CT molecular complexity index is 459. The van der Waals surface area contributed by atoms with Gasteiger partial charge >= 0.3 is 6.18 Å². The third-order valence-electron chi connectivity index (χ3n) is 3.70. The molecule has 1 aromatic carbocycles. The zero-order valence-corrected chi connectivity index (χ0v) is 13.0. The second kappa shape index (κ2) is 8.52. The number of β-amino-alcohol motifs (C(OH)–C–C–N with tert-alkyl or cyclic N) is 1. The van der Waals surface area contributed by atoms with Crippen molar-refractivity contribution in [2.45, 2.75) is 31.7 Å². The summed E-state index contributed by atoms with van der Waals surface area (Å²) in [6.07, 6.45) is -2.35. The molecule has 0 saturated carbocycles. The number of nitrogens with one attached hydrogen (secondary N) is 1. The number of alkyl halides is 3. The first-order chi connectivity index (χ1) is 10.9. The number of halogens is 3. The number of rotatable bonds is 8. The van der Waals surface area contributed by atoms with Crippen LogP contribution in [-0.2, 0) is 6.54 Å². The fourth-order valence-electron chi connectivity index (χ4n) is 2.58. The number of hydrogen-bond acceptors (Lipinski definition) is 4. The Morgan fingerprint density at radius 2 is 1.83 bits per heavy atom. The summed E-state index contributed by atoms with van der Waals surface area (Å²) in [5.41, 5.74) is 0.928. The van der Waals surface area contributed by atoms with E-state index in [0.29, 0.717) is 19.6 Å². The van der Waals surface area contributed by atoms with Crippen LogP contribution in [0.3, 0.4) is 0 Å². The van der Waals surface area contributed by atoms with E-state index in [1.807, 2.05) is 0 Å². The van der Waals surface area contributed by atoms with Crippen LogP contribution in [0.2, 0.25) is 0 Å². The molecular formula is C16H23F3N2O2. The molecule has 1 atom stereocenters. The highest BCUT2D eigenvalue weighted by Gasteiger charge is 2.28. The number of aliphatic hydroxyl groups excluding tert-OH is 1. The summed E-state index contributed by atoms with van der Waals surface area (Å²) in [5.74, 6) is 0.195. The molecule has 2 rings (SSSR count). The zero-order chi connectivity index (χ0) is 16.7. The molecule has 0 amide bonds. The monoisotopic (exact) mass is 332 g/mol. The Kier molecular flexibility index (Phi) is 6.68. The van der Waals surface area contributed by atoms with Crippen molar-refractivity contribution in [2.24, 2.45) is 0 Å². The first kappa shape index (κ1) is 18.0. The number of benzene rings is 1. The van der Waals surface area contributed by atoms with Gasteiger partial charge in [0.2, 0.25) is 0 Å². The van der Waals surface area contributed by atoms with Crippen molar-refractivity contribution in [3.63, 3.8) is 0 Å². The molecule has 1 aliphatic rings.